The molecule has 3 aromatic carbocycles. The fourth-order valence-electron chi connectivity index (χ4n) is 6.42. The van der Waals surface area contributed by atoms with Crippen LogP contribution in [0.4, 0.5) is 5.69 Å². The molecule has 1 N–H and O–H groups in total. The summed E-state index contributed by atoms with van der Waals surface area (Å²) in [5, 5.41) is 0. The van der Waals surface area contributed by atoms with Crippen molar-refractivity contribution in [2.45, 2.75) is 37.9 Å². The molecule has 2 saturated heterocycles. The van der Waals surface area contributed by atoms with Crippen molar-refractivity contribution >= 4 is 28.6 Å². The maximum Gasteiger partial charge on any atom is 0.338 e. The Balaban J connectivity index is 1.16. The van der Waals surface area contributed by atoms with Gasteiger partial charge in [-0.2, -0.15) is 0 Å². The average Bonchev–Trinajstić information content (AvgIpc) is 3.47. The number of benzene rings is 3. The van der Waals surface area contributed by atoms with Gasteiger partial charge in [0, 0.05) is 31.9 Å². The van der Waals surface area contributed by atoms with E-state index >= 15 is 0 Å². The second kappa shape index (κ2) is 11.2. The summed E-state index contributed by atoms with van der Waals surface area (Å²) < 4.78 is 6.79. The minimum absolute atomic E-state index is 0.0762. The van der Waals surface area contributed by atoms with Gasteiger partial charge in [0.1, 0.15) is 5.54 Å². The first-order chi connectivity index (χ1) is 20.0. The molecule has 0 bridgehead atoms. The standard InChI is InChI=1S/C32H35N5O4/c1-41-29(38)26-13-6-5-10-24(26)22-35-23-37(25-11-3-2-4-12-25)32(30(35)39)16-20-34(21-17-32)18-9-19-36-28-15-8-7-14-27(28)33-31(36)40/h2-8,10-15H,9,16-23H2,1H3,(H,33,40). The number of esters is 1. The van der Waals surface area contributed by atoms with E-state index in [-0.39, 0.29) is 11.6 Å². The number of anilines is 1. The number of rotatable bonds is 8. The van der Waals surface area contributed by atoms with E-state index in [0.29, 0.717) is 38.2 Å². The van der Waals surface area contributed by atoms with Crippen LogP contribution in [0.3, 0.4) is 0 Å². The summed E-state index contributed by atoms with van der Waals surface area (Å²) in [6, 6.07) is 25.2. The predicted molar refractivity (Wildman–Crippen MR) is 158 cm³/mol. The number of fused-ring (bicyclic) bond motifs is 1. The van der Waals surface area contributed by atoms with Crippen molar-refractivity contribution in [3.05, 3.63) is 100 Å². The Labute approximate surface area is 238 Å². The van der Waals surface area contributed by atoms with Crippen LogP contribution in [0.2, 0.25) is 0 Å². The number of H-pyrrole nitrogens is 1. The van der Waals surface area contributed by atoms with Crippen LogP contribution in [0.15, 0.2) is 83.7 Å². The number of hydrogen-bond donors (Lipinski definition) is 1. The number of carbonyl (C=O) groups excluding carboxylic acids is 2. The van der Waals surface area contributed by atoms with E-state index in [1.807, 2.05) is 70.1 Å². The first-order valence-electron chi connectivity index (χ1n) is 14.2. The van der Waals surface area contributed by atoms with Gasteiger partial charge >= 0.3 is 11.7 Å². The topological polar surface area (TPSA) is 90.9 Å². The number of imidazole rings is 1. The van der Waals surface area contributed by atoms with Crippen LogP contribution in [-0.2, 0) is 22.6 Å². The highest BCUT2D eigenvalue weighted by molar-refractivity contribution is 5.94. The minimum Gasteiger partial charge on any atom is -0.465 e. The molecule has 1 amide bonds. The molecular formula is C32H35N5O4. The quantitative estimate of drug-likeness (QED) is 0.334. The van der Waals surface area contributed by atoms with Crippen molar-refractivity contribution in [2.75, 3.05) is 38.3 Å². The van der Waals surface area contributed by atoms with Crippen LogP contribution < -0.4 is 10.6 Å². The normalized spacial score (nSPS) is 17.0. The van der Waals surface area contributed by atoms with Gasteiger partial charge in [0.15, 0.2) is 0 Å². The second-order valence-corrected chi connectivity index (χ2v) is 10.9. The fourth-order valence-corrected chi connectivity index (χ4v) is 6.42. The number of nitrogens with zero attached hydrogens (tertiary/aromatic N) is 4. The molecule has 0 aliphatic carbocycles. The van der Waals surface area contributed by atoms with E-state index in [9.17, 15) is 14.4 Å². The minimum atomic E-state index is -0.633. The average molecular weight is 554 g/mol. The van der Waals surface area contributed by atoms with E-state index < -0.39 is 11.5 Å². The number of hydrogen-bond acceptors (Lipinski definition) is 6. The van der Waals surface area contributed by atoms with Crippen molar-refractivity contribution in [1.29, 1.82) is 0 Å². The molecule has 3 heterocycles. The SMILES string of the molecule is COC(=O)c1ccccc1CN1CN(c2ccccc2)C2(CCN(CCCn3c(=O)[nH]c4ccccc43)CC2)C1=O. The van der Waals surface area contributed by atoms with E-state index in [2.05, 4.69) is 26.9 Å². The highest BCUT2D eigenvalue weighted by Gasteiger charge is 2.53. The van der Waals surface area contributed by atoms with Gasteiger partial charge in [-0.05, 0) is 61.7 Å². The highest BCUT2D eigenvalue weighted by atomic mass is 16.5. The summed E-state index contributed by atoms with van der Waals surface area (Å²) in [5.74, 6) is -0.295. The number of likely N-dealkylation sites (tertiary alicyclic amines) is 1. The van der Waals surface area contributed by atoms with Crippen molar-refractivity contribution in [3.8, 4) is 0 Å². The molecule has 41 heavy (non-hydrogen) atoms. The third-order valence-corrected chi connectivity index (χ3v) is 8.59. The summed E-state index contributed by atoms with van der Waals surface area (Å²) >= 11 is 0. The van der Waals surface area contributed by atoms with E-state index in [1.165, 1.54) is 7.11 Å². The molecule has 6 rings (SSSR count). The number of carbonyl (C=O) groups is 2. The number of aromatic amines is 1. The molecule has 212 valence electrons. The maximum absolute atomic E-state index is 14.2. The number of aromatic nitrogens is 2. The lowest BCUT2D eigenvalue weighted by atomic mass is 9.85. The molecule has 0 unspecified atom stereocenters. The molecule has 9 heteroatoms. The van der Waals surface area contributed by atoms with E-state index in [1.54, 1.807) is 6.07 Å². The van der Waals surface area contributed by atoms with Gasteiger partial charge in [-0.25, -0.2) is 9.59 Å². The molecule has 1 aromatic heterocycles. The highest BCUT2D eigenvalue weighted by Crippen LogP contribution is 2.40. The predicted octanol–water partition coefficient (Wildman–Crippen LogP) is 3.85. The van der Waals surface area contributed by atoms with Gasteiger partial charge in [0.05, 0.1) is 30.4 Å². The Kier molecular flexibility index (Phi) is 7.36. The van der Waals surface area contributed by atoms with Gasteiger partial charge < -0.3 is 24.4 Å². The Morgan fingerprint density at radius 1 is 0.902 bits per heavy atom. The summed E-state index contributed by atoms with van der Waals surface area (Å²) in [5.41, 5.74) is 3.37. The lowest BCUT2D eigenvalue weighted by molar-refractivity contribution is -0.134. The number of nitrogens with one attached hydrogen (secondary N) is 1. The largest absolute Gasteiger partial charge is 0.465 e. The first kappa shape index (κ1) is 26.8. The molecule has 2 fully saturated rings. The molecule has 9 nitrogen and oxygen atoms in total. The molecule has 0 radical (unpaired) electrons. The zero-order valence-electron chi connectivity index (χ0n) is 23.3. The Morgan fingerprint density at radius 3 is 2.39 bits per heavy atom. The molecule has 1 spiro atoms. The number of methoxy groups -OCH3 is 1. The van der Waals surface area contributed by atoms with Crippen LogP contribution in [0.25, 0.3) is 11.0 Å². The third kappa shape index (κ3) is 5.02. The van der Waals surface area contributed by atoms with Crippen LogP contribution in [0.5, 0.6) is 0 Å². The van der Waals surface area contributed by atoms with Crippen molar-refractivity contribution in [2.24, 2.45) is 0 Å². The van der Waals surface area contributed by atoms with Crippen LogP contribution >= 0.6 is 0 Å². The Hall–Kier alpha value is -4.37. The Morgan fingerprint density at radius 2 is 1.61 bits per heavy atom. The van der Waals surface area contributed by atoms with E-state index in [4.69, 9.17) is 4.74 Å². The first-order valence-corrected chi connectivity index (χ1v) is 14.2. The van der Waals surface area contributed by atoms with Crippen LogP contribution in [0, 0.1) is 0 Å². The Bertz CT molecular complexity index is 1600. The number of aryl methyl sites for hydroxylation is 1. The van der Waals surface area contributed by atoms with Crippen molar-refractivity contribution in [3.63, 3.8) is 0 Å². The summed E-state index contributed by atoms with van der Waals surface area (Å²) in [6.07, 6.45) is 2.27. The smallest absolute Gasteiger partial charge is 0.338 e. The number of piperidine rings is 1. The van der Waals surface area contributed by atoms with Gasteiger partial charge in [-0.1, -0.05) is 48.5 Å². The lowest BCUT2D eigenvalue weighted by Crippen LogP contribution is -2.56. The van der Waals surface area contributed by atoms with Gasteiger partial charge in [0.2, 0.25) is 5.91 Å². The molecule has 0 saturated carbocycles. The fraction of sp³-hybridized carbons (Fsp3) is 0.344. The molecule has 2 aliphatic rings. The zero-order chi connectivity index (χ0) is 28.4. The van der Waals surface area contributed by atoms with E-state index in [0.717, 1.165) is 48.3 Å². The monoisotopic (exact) mass is 553 g/mol. The molecule has 2 aliphatic heterocycles. The van der Waals surface area contributed by atoms with Gasteiger partial charge in [0.25, 0.3) is 0 Å². The lowest BCUT2D eigenvalue weighted by Gasteiger charge is -2.43. The zero-order valence-corrected chi connectivity index (χ0v) is 23.3. The summed E-state index contributed by atoms with van der Waals surface area (Å²) in [4.78, 5) is 48.5. The summed E-state index contributed by atoms with van der Waals surface area (Å²) in [6.45, 7) is 3.90. The second-order valence-electron chi connectivity index (χ2n) is 10.9. The third-order valence-electron chi connectivity index (χ3n) is 8.59. The van der Waals surface area contributed by atoms with Gasteiger partial charge in [-0.15, -0.1) is 0 Å². The number of ether oxygens (including phenoxy) is 1. The number of amides is 1. The van der Waals surface area contributed by atoms with Crippen LogP contribution in [0.1, 0.15) is 35.2 Å². The van der Waals surface area contributed by atoms with Crippen molar-refractivity contribution < 1.29 is 14.3 Å². The van der Waals surface area contributed by atoms with Crippen LogP contribution in [-0.4, -0.2) is 70.2 Å². The maximum atomic E-state index is 14.2. The molecule has 0 atom stereocenters. The molecule has 4 aromatic rings. The summed E-state index contributed by atoms with van der Waals surface area (Å²) in [7, 11) is 1.37. The van der Waals surface area contributed by atoms with Gasteiger partial charge in [-0.3, -0.25) is 9.36 Å². The van der Waals surface area contributed by atoms with Crippen molar-refractivity contribution in [1.82, 2.24) is 19.4 Å². The number of para-hydroxylation sites is 3. The molecular weight excluding hydrogens is 518 g/mol.